The molecule has 0 aliphatic heterocycles. The third-order valence-corrected chi connectivity index (χ3v) is 4.19. The highest BCUT2D eigenvalue weighted by Gasteiger charge is 2.11. The maximum atomic E-state index is 12.1. The Balaban J connectivity index is 2.05. The molecule has 0 unspecified atom stereocenters. The molecule has 6 nitrogen and oxygen atoms in total. The molecule has 27 heavy (non-hydrogen) atoms. The fourth-order valence-electron chi connectivity index (χ4n) is 2.33. The smallest absolute Gasteiger partial charge is 0.244 e. The van der Waals surface area contributed by atoms with Crippen molar-refractivity contribution < 1.29 is 19.0 Å². The van der Waals surface area contributed by atoms with Gasteiger partial charge in [-0.25, -0.2) is 5.43 Å². The van der Waals surface area contributed by atoms with Crippen molar-refractivity contribution in [1.29, 1.82) is 0 Å². The normalized spacial score (nSPS) is 10.7. The SMILES string of the molecule is CCOc1cc(/C=N/NC(=O)Cc2cc(OC)ccc2Cl)cc(Cl)c1OC. The van der Waals surface area contributed by atoms with Gasteiger partial charge in [-0.05, 0) is 48.4 Å². The van der Waals surface area contributed by atoms with E-state index in [-0.39, 0.29) is 12.3 Å². The van der Waals surface area contributed by atoms with E-state index in [2.05, 4.69) is 10.5 Å². The first kappa shape index (κ1) is 20.9. The van der Waals surface area contributed by atoms with E-state index >= 15 is 0 Å². The minimum atomic E-state index is -0.314. The monoisotopic (exact) mass is 410 g/mol. The van der Waals surface area contributed by atoms with Crippen LogP contribution in [0.15, 0.2) is 35.4 Å². The Morgan fingerprint density at radius 3 is 2.59 bits per heavy atom. The second-order valence-electron chi connectivity index (χ2n) is 5.39. The molecule has 0 bridgehead atoms. The molecule has 0 aromatic heterocycles. The molecular weight excluding hydrogens is 391 g/mol. The standard InChI is InChI=1S/C19H20Cl2N2O4/c1-4-27-17-8-12(7-16(21)19(17)26-3)11-22-23-18(24)10-13-9-14(25-2)5-6-15(13)20/h5-9,11H,4,10H2,1-3H3,(H,23,24)/b22-11+. The van der Waals surface area contributed by atoms with Crippen molar-refractivity contribution in [3.8, 4) is 17.2 Å². The van der Waals surface area contributed by atoms with Gasteiger partial charge in [0.15, 0.2) is 11.5 Å². The van der Waals surface area contributed by atoms with E-state index in [1.807, 2.05) is 6.92 Å². The highest BCUT2D eigenvalue weighted by molar-refractivity contribution is 6.32. The molecule has 0 spiro atoms. The molecule has 2 aromatic rings. The van der Waals surface area contributed by atoms with Gasteiger partial charge in [-0.2, -0.15) is 5.10 Å². The summed E-state index contributed by atoms with van der Waals surface area (Å²) in [5.41, 5.74) is 3.76. The van der Waals surface area contributed by atoms with Crippen molar-refractivity contribution in [2.24, 2.45) is 5.10 Å². The van der Waals surface area contributed by atoms with Gasteiger partial charge in [0, 0.05) is 5.02 Å². The zero-order chi connectivity index (χ0) is 19.8. The van der Waals surface area contributed by atoms with Gasteiger partial charge in [0.25, 0.3) is 0 Å². The summed E-state index contributed by atoms with van der Waals surface area (Å²) in [6.07, 6.45) is 1.54. The van der Waals surface area contributed by atoms with Crippen LogP contribution in [0.5, 0.6) is 17.2 Å². The lowest BCUT2D eigenvalue weighted by Gasteiger charge is -2.11. The van der Waals surface area contributed by atoms with Crippen molar-refractivity contribution in [3.05, 3.63) is 51.5 Å². The van der Waals surface area contributed by atoms with Gasteiger partial charge in [-0.15, -0.1) is 0 Å². The number of ether oxygens (including phenoxy) is 3. The summed E-state index contributed by atoms with van der Waals surface area (Å²) in [7, 11) is 3.06. The van der Waals surface area contributed by atoms with Crippen molar-refractivity contribution in [2.75, 3.05) is 20.8 Å². The molecule has 1 amide bonds. The first-order valence-electron chi connectivity index (χ1n) is 8.13. The third-order valence-electron chi connectivity index (χ3n) is 3.54. The number of halogens is 2. The fourth-order valence-corrected chi connectivity index (χ4v) is 2.81. The first-order valence-corrected chi connectivity index (χ1v) is 8.88. The molecule has 0 heterocycles. The zero-order valence-corrected chi connectivity index (χ0v) is 16.7. The van der Waals surface area contributed by atoms with Crippen molar-refractivity contribution in [2.45, 2.75) is 13.3 Å². The Kier molecular flexibility index (Phi) is 7.76. The minimum Gasteiger partial charge on any atom is -0.497 e. The average molecular weight is 411 g/mol. The number of methoxy groups -OCH3 is 2. The summed E-state index contributed by atoms with van der Waals surface area (Å²) < 4.78 is 15.9. The van der Waals surface area contributed by atoms with Gasteiger partial charge in [-0.3, -0.25) is 4.79 Å². The van der Waals surface area contributed by atoms with E-state index in [0.29, 0.717) is 45.0 Å². The Morgan fingerprint density at radius 2 is 1.93 bits per heavy atom. The predicted octanol–water partition coefficient (Wildman–Crippen LogP) is 4.10. The number of amides is 1. The fraction of sp³-hybridized carbons (Fsp3) is 0.263. The van der Waals surface area contributed by atoms with Gasteiger partial charge in [0.1, 0.15) is 5.75 Å². The van der Waals surface area contributed by atoms with Crippen molar-refractivity contribution in [3.63, 3.8) is 0 Å². The lowest BCUT2D eigenvalue weighted by Crippen LogP contribution is -2.20. The number of rotatable bonds is 8. The molecule has 0 aliphatic carbocycles. The number of hydrazone groups is 1. The molecule has 0 saturated heterocycles. The highest BCUT2D eigenvalue weighted by Crippen LogP contribution is 2.35. The maximum Gasteiger partial charge on any atom is 0.244 e. The Morgan fingerprint density at radius 1 is 1.15 bits per heavy atom. The number of nitrogens with zero attached hydrogens (tertiary/aromatic N) is 1. The lowest BCUT2D eigenvalue weighted by atomic mass is 10.1. The lowest BCUT2D eigenvalue weighted by molar-refractivity contribution is -0.120. The van der Waals surface area contributed by atoms with Crippen LogP contribution >= 0.6 is 23.2 Å². The quantitative estimate of drug-likeness (QED) is 0.525. The summed E-state index contributed by atoms with van der Waals surface area (Å²) in [6.45, 7) is 2.32. The topological polar surface area (TPSA) is 69.2 Å². The molecule has 0 saturated carbocycles. The van der Waals surface area contributed by atoms with Crippen LogP contribution in [0.1, 0.15) is 18.1 Å². The van der Waals surface area contributed by atoms with E-state index in [4.69, 9.17) is 37.4 Å². The van der Waals surface area contributed by atoms with Crippen LogP contribution in [-0.4, -0.2) is 32.9 Å². The molecule has 0 aliphatic rings. The Labute approximate surface area is 168 Å². The van der Waals surface area contributed by atoms with Gasteiger partial charge in [-0.1, -0.05) is 23.2 Å². The predicted molar refractivity (Wildman–Crippen MR) is 107 cm³/mol. The van der Waals surface area contributed by atoms with Crippen LogP contribution in [-0.2, 0) is 11.2 Å². The summed E-state index contributed by atoms with van der Waals surface area (Å²) in [6, 6.07) is 8.51. The first-order chi connectivity index (χ1) is 13.0. The molecule has 144 valence electrons. The minimum absolute atomic E-state index is 0.0704. The molecule has 2 aromatic carbocycles. The number of carbonyl (C=O) groups excluding carboxylic acids is 1. The van der Waals surface area contributed by atoms with Crippen LogP contribution in [0.2, 0.25) is 10.0 Å². The van der Waals surface area contributed by atoms with Crippen LogP contribution in [0, 0.1) is 0 Å². The Bertz CT molecular complexity index is 841. The largest absolute Gasteiger partial charge is 0.497 e. The highest BCUT2D eigenvalue weighted by atomic mass is 35.5. The number of carbonyl (C=O) groups is 1. The van der Waals surface area contributed by atoms with E-state index in [1.165, 1.54) is 13.3 Å². The summed E-state index contributed by atoms with van der Waals surface area (Å²) in [5, 5.41) is 4.83. The number of nitrogens with one attached hydrogen (secondary N) is 1. The second-order valence-corrected chi connectivity index (χ2v) is 6.21. The van der Waals surface area contributed by atoms with Crippen molar-refractivity contribution >= 4 is 35.3 Å². The molecule has 2 rings (SSSR count). The maximum absolute atomic E-state index is 12.1. The molecule has 1 N–H and O–H groups in total. The number of benzene rings is 2. The van der Waals surface area contributed by atoms with Crippen LogP contribution in [0.3, 0.4) is 0 Å². The average Bonchev–Trinajstić information content (AvgIpc) is 2.64. The molecule has 0 radical (unpaired) electrons. The van der Waals surface area contributed by atoms with Gasteiger partial charge in [0.05, 0.1) is 38.5 Å². The molecule has 8 heteroatoms. The van der Waals surface area contributed by atoms with E-state index in [0.717, 1.165) is 0 Å². The second kappa shape index (κ2) is 10.0. The molecular formula is C19H20Cl2N2O4. The van der Waals surface area contributed by atoms with Crippen LogP contribution in [0.4, 0.5) is 0 Å². The van der Waals surface area contributed by atoms with E-state index < -0.39 is 0 Å². The van der Waals surface area contributed by atoms with Crippen LogP contribution < -0.4 is 19.6 Å². The zero-order valence-electron chi connectivity index (χ0n) is 15.2. The van der Waals surface area contributed by atoms with Gasteiger partial charge < -0.3 is 14.2 Å². The van der Waals surface area contributed by atoms with Gasteiger partial charge >= 0.3 is 0 Å². The van der Waals surface area contributed by atoms with E-state index in [9.17, 15) is 4.79 Å². The van der Waals surface area contributed by atoms with Crippen LogP contribution in [0.25, 0.3) is 0 Å². The van der Waals surface area contributed by atoms with Crippen molar-refractivity contribution in [1.82, 2.24) is 5.43 Å². The summed E-state index contributed by atoms with van der Waals surface area (Å²) in [4.78, 5) is 12.1. The molecule has 0 atom stereocenters. The Hall–Kier alpha value is -2.44. The van der Waals surface area contributed by atoms with Gasteiger partial charge in [0.2, 0.25) is 5.91 Å². The molecule has 0 fully saturated rings. The third kappa shape index (κ3) is 5.77. The number of hydrogen-bond acceptors (Lipinski definition) is 5. The summed E-state index contributed by atoms with van der Waals surface area (Å²) in [5.74, 6) is 1.27. The number of hydrogen-bond donors (Lipinski definition) is 1. The summed E-state index contributed by atoms with van der Waals surface area (Å²) >= 11 is 12.3. The van der Waals surface area contributed by atoms with E-state index in [1.54, 1.807) is 37.4 Å².